The number of hydrogen-bond donors (Lipinski definition) is 1. The van der Waals surface area contributed by atoms with Gasteiger partial charge in [0.15, 0.2) is 0 Å². The Labute approximate surface area is 108 Å². The number of benzene rings is 1. The molecule has 1 rings (SSSR count). The summed E-state index contributed by atoms with van der Waals surface area (Å²) in [5, 5.41) is 3.26. The largest absolute Gasteiger partial charge is 0.314 e. The van der Waals surface area contributed by atoms with Crippen molar-refractivity contribution < 1.29 is 12.8 Å². The van der Waals surface area contributed by atoms with Crippen LogP contribution in [0.25, 0.3) is 0 Å². The molecule has 0 heterocycles. The van der Waals surface area contributed by atoms with E-state index in [-0.39, 0.29) is 17.6 Å². The van der Waals surface area contributed by atoms with Crippen LogP contribution in [0.4, 0.5) is 4.39 Å². The first-order valence-electron chi connectivity index (χ1n) is 6.06. The third-order valence-electron chi connectivity index (χ3n) is 2.73. The second-order valence-corrected chi connectivity index (χ2v) is 6.76. The molecule has 0 fully saturated rings. The first-order chi connectivity index (χ1) is 8.40. The van der Waals surface area contributed by atoms with E-state index in [1.807, 2.05) is 6.92 Å². The van der Waals surface area contributed by atoms with Gasteiger partial charge in [-0.15, -0.1) is 0 Å². The van der Waals surface area contributed by atoms with Gasteiger partial charge >= 0.3 is 0 Å². The molecule has 1 aromatic carbocycles. The average molecular weight is 273 g/mol. The lowest BCUT2D eigenvalue weighted by atomic mass is 10.0. The van der Waals surface area contributed by atoms with E-state index in [0.717, 1.165) is 12.1 Å². The van der Waals surface area contributed by atoms with Crippen LogP contribution >= 0.6 is 0 Å². The van der Waals surface area contributed by atoms with Gasteiger partial charge in [-0.25, -0.2) is 12.8 Å². The minimum absolute atomic E-state index is 0.107. The summed E-state index contributed by atoms with van der Waals surface area (Å²) in [7, 11) is -2.94. The molecule has 0 amide bonds. The molecule has 1 N–H and O–H groups in total. The van der Waals surface area contributed by atoms with E-state index in [1.54, 1.807) is 12.1 Å². The summed E-state index contributed by atoms with van der Waals surface area (Å²) in [4.78, 5) is 0. The van der Waals surface area contributed by atoms with Gasteiger partial charge in [-0.2, -0.15) is 0 Å². The Hall–Kier alpha value is -0.940. The number of halogens is 1. The number of nitrogens with one attached hydrogen (secondary N) is 1. The minimum atomic E-state index is -2.94. The molecule has 18 heavy (non-hydrogen) atoms. The molecule has 0 saturated heterocycles. The van der Waals surface area contributed by atoms with Crippen molar-refractivity contribution in [2.24, 2.45) is 0 Å². The molecular weight excluding hydrogens is 253 g/mol. The molecule has 0 aliphatic heterocycles. The van der Waals surface area contributed by atoms with Crippen molar-refractivity contribution in [3.8, 4) is 0 Å². The molecule has 0 aliphatic carbocycles. The van der Waals surface area contributed by atoms with Crippen LogP contribution in [-0.4, -0.2) is 33.0 Å². The van der Waals surface area contributed by atoms with Crippen LogP contribution in [0.1, 0.15) is 18.9 Å². The highest BCUT2D eigenvalue weighted by atomic mass is 32.2. The van der Waals surface area contributed by atoms with Crippen LogP contribution in [0.5, 0.6) is 0 Å². The van der Waals surface area contributed by atoms with Gasteiger partial charge < -0.3 is 5.32 Å². The molecule has 1 unspecified atom stereocenters. The summed E-state index contributed by atoms with van der Waals surface area (Å²) in [6, 6.07) is 6.43. The molecule has 1 atom stereocenters. The summed E-state index contributed by atoms with van der Waals surface area (Å²) in [5.74, 6) is -0.0823. The van der Waals surface area contributed by atoms with E-state index in [4.69, 9.17) is 0 Å². The Morgan fingerprint density at radius 2 is 1.89 bits per heavy atom. The van der Waals surface area contributed by atoms with Crippen LogP contribution in [0.3, 0.4) is 0 Å². The normalized spacial score (nSPS) is 13.5. The van der Waals surface area contributed by atoms with Gasteiger partial charge in [-0.3, -0.25) is 0 Å². The second-order valence-electron chi connectivity index (χ2n) is 4.50. The lowest BCUT2D eigenvalue weighted by Crippen LogP contribution is -2.32. The van der Waals surface area contributed by atoms with Crippen molar-refractivity contribution in [1.82, 2.24) is 5.32 Å². The van der Waals surface area contributed by atoms with Gasteiger partial charge in [0, 0.05) is 12.3 Å². The van der Waals surface area contributed by atoms with Crippen molar-refractivity contribution in [3.05, 3.63) is 35.6 Å². The zero-order valence-electron chi connectivity index (χ0n) is 10.8. The van der Waals surface area contributed by atoms with E-state index in [2.05, 4.69) is 5.32 Å². The Kier molecular flexibility index (Phi) is 5.75. The predicted molar refractivity (Wildman–Crippen MR) is 71.9 cm³/mol. The van der Waals surface area contributed by atoms with Crippen LogP contribution in [0, 0.1) is 5.82 Å². The molecule has 1 aromatic rings. The molecule has 0 spiro atoms. The molecule has 5 heteroatoms. The topological polar surface area (TPSA) is 46.2 Å². The van der Waals surface area contributed by atoms with Crippen LogP contribution in [-0.2, 0) is 16.3 Å². The molecule has 0 aromatic heterocycles. The molecule has 0 aliphatic rings. The van der Waals surface area contributed by atoms with E-state index in [9.17, 15) is 12.8 Å². The Morgan fingerprint density at radius 1 is 1.28 bits per heavy atom. The van der Waals surface area contributed by atoms with Crippen molar-refractivity contribution in [3.63, 3.8) is 0 Å². The minimum Gasteiger partial charge on any atom is -0.314 e. The smallest absolute Gasteiger partial charge is 0.147 e. The predicted octanol–water partition coefficient (Wildman–Crippen LogP) is 1.78. The molecule has 0 saturated carbocycles. The summed E-state index contributed by atoms with van der Waals surface area (Å²) in [5.41, 5.74) is 1.01. The highest BCUT2D eigenvalue weighted by molar-refractivity contribution is 7.90. The monoisotopic (exact) mass is 273 g/mol. The quantitative estimate of drug-likeness (QED) is 0.823. The number of hydrogen-bond acceptors (Lipinski definition) is 3. The summed E-state index contributed by atoms with van der Waals surface area (Å²) in [6.07, 6.45) is 2.53. The van der Waals surface area contributed by atoms with Crippen molar-refractivity contribution in [2.45, 2.75) is 25.8 Å². The van der Waals surface area contributed by atoms with Gasteiger partial charge in [0.2, 0.25) is 0 Å². The van der Waals surface area contributed by atoms with Crippen LogP contribution in [0.2, 0.25) is 0 Å². The Balaban J connectivity index is 2.59. The average Bonchev–Trinajstić information content (AvgIpc) is 2.28. The molecule has 102 valence electrons. The molecule has 0 radical (unpaired) electrons. The van der Waals surface area contributed by atoms with Crippen molar-refractivity contribution in [2.75, 3.05) is 18.6 Å². The van der Waals surface area contributed by atoms with E-state index in [1.165, 1.54) is 18.4 Å². The second kappa shape index (κ2) is 6.85. The van der Waals surface area contributed by atoms with Gasteiger partial charge in [0.05, 0.1) is 5.75 Å². The summed E-state index contributed by atoms with van der Waals surface area (Å²) in [6.45, 7) is 2.77. The van der Waals surface area contributed by atoms with E-state index >= 15 is 0 Å². The molecular formula is C13H20FNO2S. The fourth-order valence-electron chi connectivity index (χ4n) is 1.83. The zero-order chi connectivity index (χ0) is 13.6. The van der Waals surface area contributed by atoms with E-state index < -0.39 is 9.84 Å². The van der Waals surface area contributed by atoms with Crippen LogP contribution in [0.15, 0.2) is 24.3 Å². The van der Waals surface area contributed by atoms with Gasteiger partial charge in [0.1, 0.15) is 15.7 Å². The Morgan fingerprint density at radius 3 is 2.39 bits per heavy atom. The fraction of sp³-hybridized carbons (Fsp3) is 0.538. The maximum absolute atomic E-state index is 12.8. The summed E-state index contributed by atoms with van der Waals surface area (Å²) < 4.78 is 35.1. The molecule has 0 bridgehead atoms. The van der Waals surface area contributed by atoms with Gasteiger partial charge in [0.25, 0.3) is 0 Å². The maximum atomic E-state index is 12.8. The number of rotatable bonds is 7. The van der Waals surface area contributed by atoms with E-state index in [0.29, 0.717) is 12.8 Å². The first-order valence-corrected chi connectivity index (χ1v) is 8.12. The summed E-state index contributed by atoms with van der Waals surface area (Å²) >= 11 is 0. The van der Waals surface area contributed by atoms with Gasteiger partial charge in [-0.1, -0.05) is 19.1 Å². The third kappa shape index (κ3) is 6.12. The molecule has 3 nitrogen and oxygen atoms in total. The van der Waals surface area contributed by atoms with Gasteiger partial charge in [-0.05, 0) is 37.1 Å². The standard InChI is InChI=1S/C13H20FNO2S/c1-3-15-13(8-9-18(2,16)17)10-11-4-6-12(14)7-5-11/h4-7,13,15H,3,8-10H2,1-2H3. The van der Waals surface area contributed by atoms with Crippen LogP contribution < -0.4 is 5.32 Å². The number of sulfone groups is 1. The highest BCUT2D eigenvalue weighted by Gasteiger charge is 2.12. The maximum Gasteiger partial charge on any atom is 0.147 e. The number of likely N-dealkylation sites (N-methyl/N-ethyl adjacent to an activating group) is 1. The highest BCUT2D eigenvalue weighted by Crippen LogP contribution is 2.08. The lowest BCUT2D eigenvalue weighted by Gasteiger charge is -2.17. The third-order valence-corrected chi connectivity index (χ3v) is 3.70. The fourth-order valence-corrected chi connectivity index (χ4v) is 2.54. The first kappa shape index (κ1) is 15.1. The zero-order valence-corrected chi connectivity index (χ0v) is 11.6. The SMILES string of the molecule is CCNC(CCS(C)(=O)=O)Cc1ccc(F)cc1. The Bertz CT molecular complexity index is 456. The van der Waals surface area contributed by atoms with Crippen molar-refractivity contribution in [1.29, 1.82) is 0 Å². The lowest BCUT2D eigenvalue weighted by molar-refractivity contribution is 0.505. The van der Waals surface area contributed by atoms with Crippen molar-refractivity contribution >= 4 is 9.84 Å².